The van der Waals surface area contributed by atoms with Crippen molar-refractivity contribution >= 4 is 38.6 Å². The standard InChI is InChI=1S/C33H35FN2O8S/c1-20-16-23(33(38)39)6-7-24(20)19-43-15-14-42-13-12-36(45(3,40)41)28-18-29-27(17-26(28)21-4-5-21)30(32(37)35-2)31(44-29)22-8-10-25(34)11-9-22/h6-11,16-18,21H,4-5,12-15,19H2,1-3H3,(H,35,37)(H,38,39). The van der Waals surface area contributed by atoms with Crippen molar-refractivity contribution < 1.29 is 41.4 Å². The number of nitrogens with zero attached hydrogens (tertiary/aromatic N) is 1. The topological polar surface area (TPSA) is 135 Å². The lowest BCUT2D eigenvalue weighted by Gasteiger charge is -2.25. The fourth-order valence-corrected chi connectivity index (χ4v) is 6.17. The Labute approximate surface area is 260 Å². The third-order valence-electron chi connectivity index (χ3n) is 7.74. The van der Waals surface area contributed by atoms with E-state index in [0.29, 0.717) is 27.8 Å². The molecule has 0 saturated heterocycles. The number of benzene rings is 3. The highest BCUT2D eigenvalue weighted by Crippen LogP contribution is 2.48. The second kappa shape index (κ2) is 13.4. The molecule has 0 bridgehead atoms. The second-order valence-corrected chi connectivity index (χ2v) is 12.9. The van der Waals surface area contributed by atoms with E-state index in [1.807, 2.05) is 13.0 Å². The Morgan fingerprint density at radius 1 is 1.04 bits per heavy atom. The maximum atomic E-state index is 13.6. The molecule has 0 unspecified atom stereocenters. The number of halogens is 1. The summed E-state index contributed by atoms with van der Waals surface area (Å²) in [5, 5.41) is 12.3. The predicted octanol–water partition coefficient (Wildman–Crippen LogP) is 5.48. The second-order valence-electron chi connectivity index (χ2n) is 11.0. The number of hydrogen-bond donors (Lipinski definition) is 2. The molecule has 4 aromatic rings. The Morgan fingerprint density at radius 3 is 2.38 bits per heavy atom. The highest BCUT2D eigenvalue weighted by atomic mass is 32.2. The summed E-state index contributed by atoms with van der Waals surface area (Å²) in [6.45, 7) is 2.75. The van der Waals surface area contributed by atoms with Crippen LogP contribution >= 0.6 is 0 Å². The van der Waals surface area contributed by atoms with Gasteiger partial charge in [0.15, 0.2) is 0 Å². The van der Waals surface area contributed by atoms with Crippen LogP contribution in [0.3, 0.4) is 0 Å². The van der Waals surface area contributed by atoms with E-state index < -0.39 is 21.8 Å². The van der Waals surface area contributed by atoms with Crippen LogP contribution in [-0.2, 0) is 26.1 Å². The highest BCUT2D eigenvalue weighted by molar-refractivity contribution is 7.92. The van der Waals surface area contributed by atoms with Gasteiger partial charge < -0.3 is 24.3 Å². The van der Waals surface area contributed by atoms with E-state index in [1.165, 1.54) is 41.7 Å². The van der Waals surface area contributed by atoms with Crippen LogP contribution in [0, 0.1) is 12.7 Å². The van der Waals surface area contributed by atoms with Crippen molar-refractivity contribution in [3.63, 3.8) is 0 Å². The van der Waals surface area contributed by atoms with E-state index in [0.717, 1.165) is 35.8 Å². The van der Waals surface area contributed by atoms with Crippen molar-refractivity contribution in [2.45, 2.75) is 32.3 Å². The van der Waals surface area contributed by atoms with Crippen LogP contribution < -0.4 is 9.62 Å². The quantitative estimate of drug-likeness (QED) is 0.173. The van der Waals surface area contributed by atoms with Gasteiger partial charge in [0, 0.05) is 24.1 Å². The Morgan fingerprint density at radius 2 is 1.76 bits per heavy atom. The maximum absolute atomic E-state index is 13.6. The minimum Gasteiger partial charge on any atom is -0.478 e. The maximum Gasteiger partial charge on any atom is 0.335 e. The van der Waals surface area contributed by atoms with Gasteiger partial charge >= 0.3 is 5.97 Å². The van der Waals surface area contributed by atoms with Gasteiger partial charge in [0.05, 0.1) is 56.0 Å². The molecule has 12 heteroatoms. The van der Waals surface area contributed by atoms with E-state index in [-0.39, 0.29) is 56.1 Å². The minimum absolute atomic E-state index is 0.0493. The molecular formula is C33H35FN2O8S. The normalized spacial score (nSPS) is 13.2. The van der Waals surface area contributed by atoms with E-state index in [9.17, 15) is 22.4 Å². The van der Waals surface area contributed by atoms with E-state index in [1.54, 1.807) is 18.2 Å². The molecule has 1 aliphatic carbocycles. The summed E-state index contributed by atoms with van der Waals surface area (Å²) in [5.41, 5.74) is 4.32. The van der Waals surface area contributed by atoms with Crippen LogP contribution in [0.5, 0.6) is 0 Å². The SMILES string of the molecule is CNC(=O)c1c(-c2ccc(F)cc2)oc2cc(N(CCOCCOCc3ccc(C(=O)O)cc3C)S(C)(=O)=O)c(C3CC3)cc12. The molecule has 1 heterocycles. The lowest BCUT2D eigenvalue weighted by molar-refractivity contribution is 0.0434. The van der Waals surface area contributed by atoms with Crippen molar-refractivity contribution in [1.82, 2.24) is 5.32 Å². The van der Waals surface area contributed by atoms with Crippen LogP contribution in [0.4, 0.5) is 10.1 Å². The molecular weight excluding hydrogens is 603 g/mol. The number of sulfonamides is 1. The number of rotatable bonds is 14. The molecule has 238 valence electrons. The molecule has 0 atom stereocenters. The molecule has 5 rings (SSSR count). The van der Waals surface area contributed by atoms with Gasteiger partial charge in [0.25, 0.3) is 5.91 Å². The number of carbonyl (C=O) groups is 2. The van der Waals surface area contributed by atoms with Gasteiger partial charge in [-0.15, -0.1) is 0 Å². The first-order chi connectivity index (χ1) is 21.5. The summed E-state index contributed by atoms with van der Waals surface area (Å²) in [6, 6.07) is 14.0. The summed E-state index contributed by atoms with van der Waals surface area (Å²) >= 11 is 0. The lowest BCUT2D eigenvalue weighted by Crippen LogP contribution is -2.34. The Balaban J connectivity index is 1.32. The highest BCUT2D eigenvalue weighted by Gasteiger charge is 2.33. The van der Waals surface area contributed by atoms with Crippen molar-refractivity contribution in [2.24, 2.45) is 0 Å². The fourth-order valence-electron chi connectivity index (χ4n) is 5.25. The van der Waals surface area contributed by atoms with Gasteiger partial charge in [0.2, 0.25) is 10.0 Å². The third kappa shape index (κ3) is 7.35. The number of nitrogens with one attached hydrogen (secondary N) is 1. The van der Waals surface area contributed by atoms with E-state index in [2.05, 4.69) is 5.32 Å². The number of furan rings is 1. The zero-order chi connectivity index (χ0) is 32.3. The van der Waals surface area contributed by atoms with Crippen molar-refractivity contribution in [1.29, 1.82) is 0 Å². The van der Waals surface area contributed by atoms with Gasteiger partial charge in [-0.3, -0.25) is 9.10 Å². The van der Waals surface area contributed by atoms with Crippen molar-refractivity contribution in [2.75, 3.05) is 44.0 Å². The van der Waals surface area contributed by atoms with Crippen LogP contribution in [0.1, 0.15) is 56.2 Å². The summed E-state index contributed by atoms with van der Waals surface area (Å²) in [6.07, 6.45) is 2.91. The predicted molar refractivity (Wildman–Crippen MR) is 168 cm³/mol. The number of fused-ring (bicyclic) bond motifs is 1. The van der Waals surface area contributed by atoms with Gasteiger partial charge in [-0.1, -0.05) is 6.07 Å². The Bertz CT molecular complexity index is 1830. The van der Waals surface area contributed by atoms with E-state index in [4.69, 9.17) is 19.0 Å². The first-order valence-corrected chi connectivity index (χ1v) is 16.4. The number of aromatic carboxylic acids is 1. The Hall–Kier alpha value is -4.26. The third-order valence-corrected chi connectivity index (χ3v) is 8.92. The molecule has 0 aliphatic heterocycles. The molecule has 2 N–H and O–H groups in total. The van der Waals surface area contributed by atoms with Crippen LogP contribution in [0.15, 0.2) is 59.0 Å². The number of ether oxygens (including phenoxy) is 2. The monoisotopic (exact) mass is 638 g/mol. The molecule has 0 radical (unpaired) electrons. The molecule has 1 aliphatic rings. The Kier molecular flexibility index (Phi) is 9.56. The largest absolute Gasteiger partial charge is 0.478 e. The number of carboxylic acids is 1. The van der Waals surface area contributed by atoms with Crippen LogP contribution in [0.2, 0.25) is 0 Å². The zero-order valence-electron chi connectivity index (χ0n) is 25.3. The molecule has 10 nitrogen and oxygen atoms in total. The zero-order valence-corrected chi connectivity index (χ0v) is 26.1. The molecule has 45 heavy (non-hydrogen) atoms. The number of hydrogen-bond acceptors (Lipinski definition) is 7. The number of aryl methyl sites for hydroxylation is 1. The first-order valence-electron chi connectivity index (χ1n) is 14.5. The van der Waals surface area contributed by atoms with E-state index >= 15 is 0 Å². The molecule has 1 aromatic heterocycles. The number of carboxylic acid groups (broad SMARTS) is 1. The molecule has 1 fully saturated rings. The van der Waals surface area contributed by atoms with Gasteiger partial charge in [0.1, 0.15) is 17.2 Å². The summed E-state index contributed by atoms with van der Waals surface area (Å²) < 4.78 is 58.6. The minimum atomic E-state index is -3.73. The summed E-state index contributed by atoms with van der Waals surface area (Å²) in [5.74, 6) is -1.37. The van der Waals surface area contributed by atoms with Crippen LogP contribution in [0.25, 0.3) is 22.3 Å². The van der Waals surface area contributed by atoms with Gasteiger partial charge in [-0.2, -0.15) is 0 Å². The number of carbonyl (C=O) groups excluding carboxylic acids is 1. The molecule has 1 amide bonds. The molecule has 1 saturated carbocycles. The summed E-state index contributed by atoms with van der Waals surface area (Å²) in [7, 11) is -2.21. The summed E-state index contributed by atoms with van der Waals surface area (Å²) in [4.78, 5) is 24.1. The van der Waals surface area contributed by atoms with Crippen molar-refractivity contribution in [3.8, 4) is 11.3 Å². The van der Waals surface area contributed by atoms with Crippen LogP contribution in [-0.4, -0.2) is 65.1 Å². The smallest absolute Gasteiger partial charge is 0.335 e. The van der Waals surface area contributed by atoms with Gasteiger partial charge in [-0.05, 0) is 84.8 Å². The number of amides is 1. The lowest BCUT2D eigenvalue weighted by atomic mass is 10.0. The average Bonchev–Trinajstić information content (AvgIpc) is 3.78. The van der Waals surface area contributed by atoms with Crippen molar-refractivity contribution in [3.05, 3.63) is 88.2 Å². The fraction of sp³-hybridized carbons (Fsp3) is 0.333. The first kappa shape index (κ1) is 32.1. The molecule has 3 aromatic carbocycles. The average molecular weight is 639 g/mol. The van der Waals surface area contributed by atoms with Gasteiger partial charge in [-0.25, -0.2) is 17.6 Å². The molecule has 0 spiro atoms. The number of anilines is 1.